The van der Waals surface area contributed by atoms with Crippen LogP contribution in [0.15, 0.2) is 54.6 Å². The van der Waals surface area contributed by atoms with Gasteiger partial charge in [-0.05, 0) is 30.7 Å². The second-order valence-electron chi connectivity index (χ2n) is 5.85. The van der Waals surface area contributed by atoms with Crippen molar-refractivity contribution in [2.75, 3.05) is 18.4 Å². The summed E-state index contributed by atoms with van der Waals surface area (Å²) in [5.41, 5.74) is 2.37. The van der Waals surface area contributed by atoms with E-state index in [4.69, 9.17) is 5.26 Å². The van der Waals surface area contributed by atoms with Gasteiger partial charge in [-0.15, -0.1) is 0 Å². The molecule has 0 saturated carbocycles. The number of benzene rings is 2. The molecule has 0 bridgehead atoms. The Morgan fingerprint density at radius 2 is 1.91 bits per heavy atom. The van der Waals surface area contributed by atoms with Crippen LogP contribution in [0, 0.1) is 17.2 Å². The molecule has 0 radical (unpaired) electrons. The molecule has 1 fully saturated rings. The Morgan fingerprint density at radius 1 is 1.17 bits per heavy atom. The molecule has 1 unspecified atom stereocenters. The van der Waals surface area contributed by atoms with Crippen molar-refractivity contribution < 1.29 is 4.79 Å². The van der Waals surface area contributed by atoms with Crippen LogP contribution in [-0.4, -0.2) is 23.9 Å². The molecule has 23 heavy (non-hydrogen) atoms. The number of rotatable bonds is 4. The number of nitrogens with one attached hydrogen (secondary N) is 1. The maximum Gasteiger partial charge on any atom is 0.228 e. The third kappa shape index (κ3) is 3.77. The van der Waals surface area contributed by atoms with Crippen LogP contribution in [0.3, 0.4) is 0 Å². The first-order chi connectivity index (χ1) is 11.3. The number of para-hydroxylation sites is 1. The summed E-state index contributed by atoms with van der Waals surface area (Å²) in [6.45, 7) is 2.56. The minimum atomic E-state index is -0.0227. The minimum Gasteiger partial charge on any atom is -0.325 e. The number of nitrogens with zero attached hydrogens (tertiary/aromatic N) is 2. The van der Waals surface area contributed by atoms with Crippen LogP contribution < -0.4 is 5.32 Å². The number of amides is 1. The van der Waals surface area contributed by atoms with E-state index in [-0.39, 0.29) is 11.8 Å². The van der Waals surface area contributed by atoms with E-state index < -0.39 is 0 Å². The topological polar surface area (TPSA) is 56.1 Å². The molecule has 1 atom stereocenters. The van der Waals surface area contributed by atoms with Crippen LogP contribution in [-0.2, 0) is 11.3 Å². The second kappa shape index (κ2) is 7.08. The molecule has 4 heteroatoms. The van der Waals surface area contributed by atoms with Gasteiger partial charge in [0.2, 0.25) is 5.91 Å². The van der Waals surface area contributed by atoms with Crippen LogP contribution >= 0.6 is 0 Å². The Morgan fingerprint density at radius 3 is 2.70 bits per heavy atom. The normalized spacial score (nSPS) is 17.6. The molecule has 1 aliphatic heterocycles. The zero-order valence-corrected chi connectivity index (χ0v) is 12.9. The minimum absolute atomic E-state index is 0.00302. The van der Waals surface area contributed by atoms with Crippen molar-refractivity contribution in [2.45, 2.75) is 13.0 Å². The molecule has 1 N–H and O–H groups in total. The van der Waals surface area contributed by atoms with Gasteiger partial charge >= 0.3 is 0 Å². The van der Waals surface area contributed by atoms with E-state index in [0.29, 0.717) is 11.3 Å². The van der Waals surface area contributed by atoms with Crippen LogP contribution in [0.25, 0.3) is 0 Å². The van der Waals surface area contributed by atoms with Crippen LogP contribution in [0.5, 0.6) is 0 Å². The SMILES string of the molecule is N#Cc1ccccc1NC(=O)C1CCN(Cc2ccccc2)C1. The van der Waals surface area contributed by atoms with Crippen LogP contribution in [0.4, 0.5) is 5.69 Å². The lowest BCUT2D eigenvalue weighted by atomic mass is 10.1. The van der Waals surface area contributed by atoms with Gasteiger partial charge < -0.3 is 5.32 Å². The molecular formula is C19H19N3O. The molecule has 1 heterocycles. The predicted octanol–water partition coefficient (Wildman–Crippen LogP) is 3.02. The summed E-state index contributed by atoms with van der Waals surface area (Å²) in [4.78, 5) is 14.7. The van der Waals surface area contributed by atoms with Crippen molar-refractivity contribution in [1.29, 1.82) is 5.26 Å². The maximum absolute atomic E-state index is 12.4. The van der Waals surface area contributed by atoms with E-state index in [2.05, 4.69) is 28.4 Å². The average molecular weight is 305 g/mol. The molecule has 0 spiro atoms. The Balaban J connectivity index is 1.58. The van der Waals surface area contributed by atoms with E-state index >= 15 is 0 Å². The van der Waals surface area contributed by atoms with Gasteiger partial charge in [0.25, 0.3) is 0 Å². The molecular weight excluding hydrogens is 286 g/mol. The van der Waals surface area contributed by atoms with Gasteiger partial charge in [0.05, 0.1) is 17.2 Å². The third-order valence-corrected chi connectivity index (χ3v) is 4.20. The molecule has 1 aliphatic rings. The fourth-order valence-electron chi connectivity index (χ4n) is 2.96. The molecule has 2 aromatic carbocycles. The highest BCUT2D eigenvalue weighted by molar-refractivity contribution is 5.94. The summed E-state index contributed by atoms with van der Waals surface area (Å²) in [6.07, 6.45) is 0.855. The summed E-state index contributed by atoms with van der Waals surface area (Å²) >= 11 is 0. The monoisotopic (exact) mass is 305 g/mol. The molecule has 0 aliphatic carbocycles. The maximum atomic E-state index is 12.4. The van der Waals surface area contributed by atoms with E-state index in [1.165, 1.54) is 5.56 Å². The summed E-state index contributed by atoms with van der Waals surface area (Å²) in [5, 5.41) is 12.0. The summed E-state index contributed by atoms with van der Waals surface area (Å²) < 4.78 is 0. The van der Waals surface area contributed by atoms with E-state index in [0.717, 1.165) is 26.1 Å². The van der Waals surface area contributed by atoms with Gasteiger partial charge in [0, 0.05) is 13.1 Å². The van der Waals surface area contributed by atoms with Crippen molar-refractivity contribution in [1.82, 2.24) is 4.90 Å². The summed E-state index contributed by atoms with van der Waals surface area (Å²) in [7, 11) is 0. The lowest BCUT2D eigenvalue weighted by Gasteiger charge is -2.16. The highest BCUT2D eigenvalue weighted by Gasteiger charge is 2.28. The lowest BCUT2D eigenvalue weighted by molar-refractivity contribution is -0.119. The molecule has 1 amide bonds. The van der Waals surface area contributed by atoms with Gasteiger partial charge in [0.1, 0.15) is 6.07 Å². The molecule has 4 nitrogen and oxygen atoms in total. The largest absolute Gasteiger partial charge is 0.325 e. The first-order valence-electron chi connectivity index (χ1n) is 7.82. The number of carbonyl (C=O) groups excluding carboxylic acids is 1. The fourth-order valence-corrected chi connectivity index (χ4v) is 2.96. The number of hydrogen-bond acceptors (Lipinski definition) is 3. The Bertz CT molecular complexity index is 721. The lowest BCUT2D eigenvalue weighted by Crippen LogP contribution is -2.27. The van der Waals surface area contributed by atoms with Crippen molar-refractivity contribution in [3.8, 4) is 6.07 Å². The van der Waals surface area contributed by atoms with E-state index in [1.54, 1.807) is 18.2 Å². The smallest absolute Gasteiger partial charge is 0.228 e. The zero-order chi connectivity index (χ0) is 16.1. The summed E-state index contributed by atoms with van der Waals surface area (Å²) in [5.74, 6) is -0.0197. The Hall–Kier alpha value is -2.64. The van der Waals surface area contributed by atoms with E-state index in [9.17, 15) is 4.79 Å². The molecule has 116 valence electrons. The molecule has 0 aromatic heterocycles. The quantitative estimate of drug-likeness (QED) is 0.944. The highest BCUT2D eigenvalue weighted by Crippen LogP contribution is 2.21. The average Bonchev–Trinajstić information content (AvgIpc) is 3.05. The summed E-state index contributed by atoms with van der Waals surface area (Å²) in [6, 6.07) is 19.5. The number of likely N-dealkylation sites (tertiary alicyclic amines) is 1. The van der Waals surface area contributed by atoms with Crippen LogP contribution in [0.2, 0.25) is 0 Å². The Labute approximate surface area is 136 Å². The van der Waals surface area contributed by atoms with Crippen molar-refractivity contribution in [2.24, 2.45) is 5.92 Å². The predicted molar refractivity (Wildman–Crippen MR) is 89.6 cm³/mol. The molecule has 2 aromatic rings. The second-order valence-corrected chi connectivity index (χ2v) is 5.85. The van der Waals surface area contributed by atoms with Gasteiger partial charge in [0.15, 0.2) is 0 Å². The first-order valence-corrected chi connectivity index (χ1v) is 7.82. The van der Waals surface area contributed by atoms with Gasteiger partial charge in [-0.1, -0.05) is 42.5 Å². The van der Waals surface area contributed by atoms with Crippen LogP contribution in [0.1, 0.15) is 17.5 Å². The number of anilines is 1. The van der Waals surface area contributed by atoms with E-state index in [1.807, 2.05) is 24.3 Å². The number of carbonyl (C=O) groups is 1. The zero-order valence-electron chi connectivity index (χ0n) is 12.9. The van der Waals surface area contributed by atoms with Crippen molar-refractivity contribution >= 4 is 11.6 Å². The van der Waals surface area contributed by atoms with Gasteiger partial charge in [-0.2, -0.15) is 5.26 Å². The first kappa shape index (κ1) is 15.3. The third-order valence-electron chi connectivity index (χ3n) is 4.20. The Kier molecular flexibility index (Phi) is 4.70. The van der Waals surface area contributed by atoms with Gasteiger partial charge in [-0.3, -0.25) is 9.69 Å². The highest BCUT2D eigenvalue weighted by atomic mass is 16.1. The fraction of sp³-hybridized carbons (Fsp3) is 0.263. The number of hydrogen-bond donors (Lipinski definition) is 1. The van der Waals surface area contributed by atoms with Crippen molar-refractivity contribution in [3.63, 3.8) is 0 Å². The van der Waals surface area contributed by atoms with Crippen molar-refractivity contribution in [3.05, 3.63) is 65.7 Å². The molecule has 1 saturated heterocycles. The molecule has 3 rings (SSSR count). The van der Waals surface area contributed by atoms with Gasteiger partial charge in [-0.25, -0.2) is 0 Å². The standard InChI is InChI=1S/C19H19N3O/c20-12-16-8-4-5-9-18(16)21-19(23)17-10-11-22(14-17)13-15-6-2-1-3-7-15/h1-9,17H,10-11,13-14H2,(H,21,23). The number of nitriles is 1.